The number of furan rings is 1. The molecule has 88 valence electrons. The third kappa shape index (κ3) is 2.68. The zero-order valence-electron chi connectivity index (χ0n) is 8.85. The van der Waals surface area contributed by atoms with Crippen molar-refractivity contribution in [2.24, 2.45) is 5.73 Å². The fourth-order valence-electron chi connectivity index (χ4n) is 1.50. The third-order valence-electron chi connectivity index (χ3n) is 2.40. The summed E-state index contributed by atoms with van der Waals surface area (Å²) in [5, 5.41) is 0.724. The summed E-state index contributed by atoms with van der Waals surface area (Å²) in [6, 6.07) is 3.70. The van der Waals surface area contributed by atoms with Crippen molar-refractivity contribution in [3.8, 4) is 0 Å². The quantitative estimate of drug-likeness (QED) is 0.515. The predicted molar refractivity (Wildman–Crippen MR) is 59.3 cm³/mol. The summed E-state index contributed by atoms with van der Waals surface area (Å²) < 4.78 is 6.96. The highest BCUT2D eigenvalue weighted by atomic mass is 79.9. The van der Waals surface area contributed by atoms with Crippen molar-refractivity contribution in [1.29, 1.82) is 0 Å². The van der Waals surface area contributed by atoms with Crippen molar-refractivity contribution in [1.82, 2.24) is 0 Å². The van der Waals surface area contributed by atoms with Crippen molar-refractivity contribution in [2.45, 2.75) is 13.0 Å². The van der Waals surface area contributed by atoms with E-state index in [1.165, 1.54) is 6.26 Å². The maximum absolute atomic E-state index is 11.7. The Balaban J connectivity index is 0.00000128. The zero-order valence-corrected chi connectivity index (χ0v) is 11.3. The fraction of sp³-hybridized carbons (Fsp3) is 0.400. The first kappa shape index (κ1) is 13.3. The van der Waals surface area contributed by atoms with Gasteiger partial charge in [0.2, 0.25) is 5.78 Å². The highest BCUT2D eigenvalue weighted by molar-refractivity contribution is 8.13. The van der Waals surface area contributed by atoms with E-state index in [4.69, 9.17) is 10.2 Å². The van der Waals surface area contributed by atoms with Gasteiger partial charge >= 0.3 is 5.17 Å². The summed E-state index contributed by atoms with van der Waals surface area (Å²) in [4.78, 5) is 11.7. The molecule has 1 aromatic heterocycles. The number of Topliss-reactive ketones (excluding diaryl/α,β-unsaturated/α-hetero) is 1. The largest absolute Gasteiger partial charge is 1.00 e. The van der Waals surface area contributed by atoms with Crippen molar-refractivity contribution >= 4 is 22.7 Å². The number of ketones is 1. The van der Waals surface area contributed by atoms with Crippen molar-refractivity contribution in [3.05, 3.63) is 24.2 Å². The van der Waals surface area contributed by atoms with Crippen LogP contribution in [0, 0.1) is 0 Å². The van der Waals surface area contributed by atoms with Gasteiger partial charge in [0.05, 0.1) is 6.26 Å². The predicted octanol–water partition coefficient (Wildman–Crippen LogP) is -2.07. The van der Waals surface area contributed by atoms with Crippen LogP contribution in [0.5, 0.6) is 0 Å². The Kier molecular flexibility index (Phi) is 4.61. The highest BCUT2D eigenvalue weighted by Gasteiger charge is 2.28. The van der Waals surface area contributed by atoms with Gasteiger partial charge in [-0.3, -0.25) is 10.5 Å². The lowest BCUT2D eigenvalue weighted by Gasteiger charge is -2.06. The Labute approximate surface area is 109 Å². The van der Waals surface area contributed by atoms with E-state index in [1.54, 1.807) is 23.9 Å². The van der Waals surface area contributed by atoms with Gasteiger partial charge in [0.1, 0.15) is 6.04 Å². The van der Waals surface area contributed by atoms with Crippen LogP contribution in [-0.4, -0.2) is 33.9 Å². The number of rotatable bonds is 3. The van der Waals surface area contributed by atoms with Gasteiger partial charge in [-0.05, 0) is 30.8 Å². The van der Waals surface area contributed by atoms with Crippen LogP contribution in [0.1, 0.15) is 17.5 Å². The van der Waals surface area contributed by atoms with Gasteiger partial charge in [0.25, 0.3) is 0 Å². The van der Waals surface area contributed by atoms with E-state index in [9.17, 15) is 4.79 Å². The molecule has 0 saturated carbocycles. The molecule has 2 N–H and O–H groups in total. The topological polar surface area (TPSA) is 59.2 Å². The molecule has 2 heterocycles. The van der Waals surface area contributed by atoms with E-state index in [0.717, 1.165) is 10.9 Å². The van der Waals surface area contributed by atoms with Gasteiger partial charge in [-0.15, -0.1) is 0 Å². The summed E-state index contributed by atoms with van der Waals surface area (Å²) in [5.74, 6) is 1.31. The minimum absolute atomic E-state index is 0. The third-order valence-corrected chi connectivity index (χ3v) is 3.58. The smallest absolute Gasteiger partial charge is 0.304 e. The number of hydrogen-bond donors (Lipinski definition) is 1. The van der Waals surface area contributed by atoms with Crippen LogP contribution in [0.3, 0.4) is 0 Å². The maximum atomic E-state index is 11.7. The first-order valence-corrected chi connectivity index (χ1v) is 5.75. The number of carbonyl (C=O) groups excluding carboxylic acids is 1. The van der Waals surface area contributed by atoms with Crippen LogP contribution in [0.2, 0.25) is 0 Å². The van der Waals surface area contributed by atoms with Crippen LogP contribution in [-0.2, 0) is 0 Å². The van der Waals surface area contributed by atoms with E-state index >= 15 is 0 Å². The molecule has 0 aliphatic carbocycles. The SMILES string of the molecule is CC1CSC(N)=[N+]1CC(=O)c1ccco1.[Br-]. The average molecular weight is 305 g/mol. The molecule has 1 unspecified atom stereocenters. The van der Waals surface area contributed by atoms with Gasteiger partial charge in [0.15, 0.2) is 12.3 Å². The Morgan fingerprint density at radius 3 is 3.00 bits per heavy atom. The number of amidine groups is 1. The van der Waals surface area contributed by atoms with Gasteiger partial charge in [-0.2, -0.15) is 0 Å². The molecular weight excluding hydrogens is 292 g/mol. The number of nitrogens with zero attached hydrogens (tertiary/aromatic N) is 1. The highest BCUT2D eigenvalue weighted by Crippen LogP contribution is 2.15. The van der Waals surface area contributed by atoms with E-state index in [1.807, 2.05) is 4.58 Å². The van der Waals surface area contributed by atoms with Crippen LogP contribution in [0.15, 0.2) is 22.8 Å². The van der Waals surface area contributed by atoms with E-state index in [-0.39, 0.29) is 22.8 Å². The monoisotopic (exact) mass is 304 g/mol. The molecule has 0 spiro atoms. The van der Waals surface area contributed by atoms with Crippen molar-refractivity contribution in [2.75, 3.05) is 12.3 Å². The zero-order chi connectivity index (χ0) is 10.8. The molecule has 2 rings (SSSR count). The molecule has 0 radical (unpaired) electrons. The van der Waals surface area contributed by atoms with Gasteiger partial charge in [0, 0.05) is 5.75 Å². The summed E-state index contributed by atoms with van der Waals surface area (Å²) in [6.07, 6.45) is 1.50. The van der Waals surface area contributed by atoms with Crippen LogP contribution < -0.4 is 22.7 Å². The van der Waals surface area contributed by atoms with E-state index in [2.05, 4.69) is 6.92 Å². The maximum Gasteiger partial charge on any atom is 0.304 e. The molecule has 4 nitrogen and oxygen atoms in total. The first-order valence-electron chi connectivity index (χ1n) is 4.77. The molecule has 1 aromatic rings. The summed E-state index contributed by atoms with van der Waals surface area (Å²) >= 11 is 1.59. The van der Waals surface area contributed by atoms with Gasteiger partial charge in [-0.1, -0.05) is 0 Å². The van der Waals surface area contributed by atoms with Crippen LogP contribution in [0.4, 0.5) is 0 Å². The lowest BCUT2D eigenvalue weighted by Crippen LogP contribution is -3.00. The minimum atomic E-state index is -0.0303. The van der Waals surface area contributed by atoms with Crippen molar-refractivity contribution in [3.63, 3.8) is 0 Å². The molecular formula is C10H13BrN2O2S. The second-order valence-electron chi connectivity index (χ2n) is 3.53. The standard InChI is InChI=1S/C10H12N2O2S.BrH/c1-7-6-15-10(11)12(7)5-8(13)9-3-2-4-14-9;/h2-4,7,11H,5-6H2,1H3;1H. The Hall–Kier alpha value is -0.750. The number of thioether (sulfide) groups is 1. The minimum Gasteiger partial charge on any atom is -1.00 e. The van der Waals surface area contributed by atoms with Crippen LogP contribution in [0.25, 0.3) is 0 Å². The number of halogens is 1. The Morgan fingerprint density at radius 2 is 2.50 bits per heavy atom. The lowest BCUT2D eigenvalue weighted by molar-refractivity contribution is -0.539. The van der Waals surface area contributed by atoms with E-state index < -0.39 is 0 Å². The van der Waals surface area contributed by atoms with Gasteiger partial charge < -0.3 is 21.4 Å². The molecule has 0 bridgehead atoms. The van der Waals surface area contributed by atoms with E-state index in [0.29, 0.717) is 18.3 Å². The Bertz CT molecular complexity index is 403. The molecule has 1 atom stereocenters. The normalized spacial score (nSPS) is 19.7. The summed E-state index contributed by atoms with van der Waals surface area (Å²) in [7, 11) is 0. The summed E-state index contributed by atoms with van der Waals surface area (Å²) in [6.45, 7) is 2.36. The molecule has 6 heteroatoms. The fourth-order valence-corrected chi connectivity index (χ4v) is 2.50. The van der Waals surface area contributed by atoms with Crippen molar-refractivity contribution < 1.29 is 30.8 Å². The Morgan fingerprint density at radius 1 is 1.75 bits per heavy atom. The van der Waals surface area contributed by atoms with Gasteiger partial charge in [-0.25, -0.2) is 4.58 Å². The second-order valence-corrected chi connectivity index (χ2v) is 4.57. The molecule has 0 saturated heterocycles. The second kappa shape index (κ2) is 5.54. The lowest BCUT2D eigenvalue weighted by atomic mass is 10.2. The first-order chi connectivity index (χ1) is 7.18. The average Bonchev–Trinajstić information content (AvgIpc) is 2.82. The summed E-state index contributed by atoms with van der Waals surface area (Å²) in [5.41, 5.74) is 5.79. The molecule has 1 aliphatic heterocycles. The molecule has 0 aromatic carbocycles. The number of carbonyl (C=O) groups is 1. The number of hydrogen-bond acceptors (Lipinski definition) is 4. The molecule has 16 heavy (non-hydrogen) atoms. The molecule has 1 aliphatic rings. The van der Waals surface area contributed by atoms with Crippen LogP contribution >= 0.6 is 11.8 Å². The number of nitrogens with two attached hydrogens (primary N) is 1. The molecule has 0 fully saturated rings. The molecule has 0 amide bonds.